The summed E-state index contributed by atoms with van der Waals surface area (Å²) < 4.78 is 9.14. The Labute approximate surface area is 147 Å². The highest BCUT2D eigenvalue weighted by Crippen LogP contribution is 2.26. The van der Waals surface area contributed by atoms with Gasteiger partial charge in [-0.25, -0.2) is 0 Å². The lowest BCUT2D eigenvalue weighted by molar-refractivity contribution is -0.122. The van der Waals surface area contributed by atoms with E-state index in [1.165, 1.54) is 0 Å². The average molecular weight is 342 g/mol. The second kappa shape index (κ2) is 7.83. The molecule has 1 amide bonds. The monoisotopic (exact) mass is 342 g/mol. The second-order valence-corrected chi connectivity index (χ2v) is 6.90. The van der Waals surface area contributed by atoms with Gasteiger partial charge in [-0.15, -0.1) is 0 Å². The first-order valence-corrected chi connectivity index (χ1v) is 8.90. The van der Waals surface area contributed by atoms with Crippen LogP contribution in [-0.2, 0) is 11.3 Å². The molecule has 2 aromatic carbocycles. The molecule has 1 aliphatic rings. The molecule has 1 unspecified atom stereocenters. The summed E-state index contributed by atoms with van der Waals surface area (Å²) in [5, 5.41) is 0. The number of rotatable bonds is 5. The van der Waals surface area contributed by atoms with Crippen molar-refractivity contribution in [3.63, 3.8) is 0 Å². The Kier molecular flexibility index (Phi) is 5.56. The van der Waals surface area contributed by atoms with Gasteiger partial charge in [0.25, 0.3) is 0 Å². The molecule has 24 heavy (non-hydrogen) atoms. The highest BCUT2D eigenvalue weighted by atomic mass is 32.2. The van der Waals surface area contributed by atoms with Crippen LogP contribution in [0.15, 0.2) is 59.5 Å². The van der Waals surface area contributed by atoms with Gasteiger partial charge in [-0.2, -0.15) is 0 Å². The minimum absolute atomic E-state index is 0.0469. The summed E-state index contributed by atoms with van der Waals surface area (Å²) in [4.78, 5) is 17.9. The zero-order chi connectivity index (χ0) is 16.9. The lowest BCUT2D eigenvalue weighted by Gasteiger charge is -2.26. The van der Waals surface area contributed by atoms with E-state index in [0.717, 1.165) is 47.7 Å². The third-order valence-corrected chi connectivity index (χ3v) is 4.93. The van der Waals surface area contributed by atoms with Gasteiger partial charge in [-0.05, 0) is 49.8 Å². The van der Waals surface area contributed by atoms with E-state index in [4.69, 9.17) is 4.55 Å². The van der Waals surface area contributed by atoms with E-state index in [-0.39, 0.29) is 11.8 Å². The lowest BCUT2D eigenvalue weighted by Crippen LogP contribution is -2.36. The van der Waals surface area contributed by atoms with Crippen molar-refractivity contribution in [2.24, 2.45) is 5.92 Å². The van der Waals surface area contributed by atoms with Gasteiger partial charge in [0.05, 0.1) is 12.5 Å². The number of carbonyl (C=O) groups is 1. The quantitative estimate of drug-likeness (QED) is 0.841. The molecule has 1 fully saturated rings. The van der Waals surface area contributed by atoms with E-state index in [1.54, 1.807) is 0 Å². The van der Waals surface area contributed by atoms with E-state index in [9.17, 15) is 4.79 Å². The first kappa shape index (κ1) is 17.0. The molecular formula is C19H22N2O2S. The summed E-state index contributed by atoms with van der Waals surface area (Å²) in [5.74, 6) is 0.221. The first-order valence-electron chi connectivity index (χ1n) is 8.12. The molecule has 2 aromatic rings. The molecule has 4 nitrogen and oxygen atoms in total. The summed E-state index contributed by atoms with van der Waals surface area (Å²) in [6.07, 6.45) is 0.908. The van der Waals surface area contributed by atoms with Gasteiger partial charge in [0.15, 0.2) is 0 Å². The van der Waals surface area contributed by atoms with Crippen LogP contribution in [0.2, 0.25) is 0 Å². The molecule has 1 N–H and O–H groups in total. The number of anilines is 1. The molecule has 0 bridgehead atoms. The van der Waals surface area contributed by atoms with Crippen molar-refractivity contribution in [2.75, 3.05) is 25.0 Å². The van der Waals surface area contributed by atoms with Crippen LogP contribution < -0.4 is 4.90 Å². The molecule has 0 aliphatic carbocycles. The van der Waals surface area contributed by atoms with Crippen molar-refractivity contribution in [2.45, 2.75) is 17.9 Å². The summed E-state index contributed by atoms with van der Waals surface area (Å²) >= 11 is 0.717. The lowest BCUT2D eigenvalue weighted by atomic mass is 10.1. The Bertz CT molecular complexity index is 676. The Morgan fingerprint density at radius 3 is 2.50 bits per heavy atom. The van der Waals surface area contributed by atoms with Crippen LogP contribution in [0.25, 0.3) is 0 Å². The zero-order valence-electron chi connectivity index (χ0n) is 13.8. The number of hydrogen-bond acceptors (Lipinski definition) is 4. The van der Waals surface area contributed by atoms with Crippen molar-refractivity contribution in [1.29, 1.82) is 0 Å². The average Bonchev–Trinajstić information content (AvgIpc) is 3.06. The first-order chi connectivity index (χ1) is 11.7. The molecule has 3 rings (SSSR count). The fraction of sp³-hybridized carbons (Fsp3) is 0.316. The van der Waals surface area contributed by atoms with E-state index in [2.05, 4.69) is 11.9 Å². The standard InChI is InChI=1S/C19H22N2O2S/c1-20-12-11-16(14-20)19(22)21(13-15-5-3-2-4-6-15)17-7-9-18(24-23)10-8-17/h2-10,16,23H,11-14H2,1H3. The maximum atomic E-state index is 13.1. The second-order valence-electron chi connectivity index (χ2n) is 6.24. The largest absolute Gasteiger partial charge is 0.325 e. The molecule has 0 spiro atoms. The Morgan fingerprint density at radius 1 is 1.21 bits per heavy atom. The number of likely N-dealkylation sites (tertiary alicyclic amines) is 1. The molecule has 1 saturated heterocycles. The maximum absolute atomic E-state index is 13.1. The van der Waals surface area contributed by atoms with Gasteiger partial charge < -0.3 is 14.4 Å². The van der Waals surface area contributed by atoms with Gasteiger partial charge in [0.2, 0.25) is 5.91 Å². The van der Waals surface area contributed by atoms with Crippen LogP contribution in [0.1, 0.15) is 12.0 Å². The molecule has 1 aliphatic heterocycles. The van der Waals surface area contributed by atoms with Crippen molar-refractivity contribution in [3.8, 4) is 0 Å². The van der Waals surface area contributed by atoms with E-state index >= 15 is 0 Å². The highest BCUT2D eigenvalue weighted by molar-refractivity contribution is 7.93. The third kappa shape index (κ3) is 3.98. The minimum Gasteiger partial charge on any atom is -0.325 e. The van der Waals surface area contributed by atoms with Crippen LogP contribution in [0.5, 0.6) is 0 Å². The van der Waals surface area contributed by atoms with Crippen LogP contribution in [0.3, 0.4) is 0 Å². The SMILES string of the molecule is CN1CCC(C(=O)N(Cc2ccccc2)c2ccc(SO)cc2)C1. The topological polar surface area (TPSA) is 43.8 Å². The molecule has 1 heterocycles. The van der Waals surface area contributed by atoms with Crippen molar-refractivity contribution in [3.05, 3.63) is 60.2 Å². The molecule has 0 saturated carbocycles. The van der Waals surface area contributed by atoms with Crippen molar-refractivity contribution in [1.82, 2.24) is 4.90 Å². The number of hydrogen-bond donors (Lipinski definition) is 1. The predicted octanol–water partition coefficient (Wildman–Crippen LogP) is 3.74. The summed E-state index contributed by atoms with van der Waals surface area (Å²) in [7, 11) is 2.06. The molecular weight excluding hydrogens is 320 g/mol. The third-order valence-electron chi connectivity index (χ3n) is 4.44. The highest BCUT2D eigenvalue weighted by Gasteiger charge is 2.30. The fourth-order valence-corrected chi connectivity index (χ4v) is 3.36. The van der Waals surface area contributed by atoms with Crippen LogP contribution >= 0.6 is 12.0 Å². The molecule has 126 valence electrons. The van der Waals surface area contributed by atoms with Gasteiger partial charge in [-0.1, -0.05) is 30.3 Å². The Morgan fingerprint density at radius 2 is 1.92 bits per heavy atom. The number of amides is 1. The van der Waals surface area contributed by atoms with E-state index in [0.29, 0.717) is 6.54 Å². The number of nitrogens with zero attached hydrogens (tertiary/aromatic N) is 2. The number of benzene rings is 2. The smallest absolute Gasteiger partial charge is 0.231 e. The van der Waals surface area contributed by atoms with E-state index < -0.39 is 0 Å². The summed E-state index contributed by atoms with van der Waals surface area (Å²) in [6.45, 7) is 2.34. The van der Waals surface area contributed by atoms with E-state index in [1.807, 2.05) is 59.5 Å². The Hall–Kier alpha value is -1.82. The Balaban J connectivity index is 1.86. The normalized spacial score (nSPS) is 17.8. The zero-order valence-corrected chi connectivity index (χ0v) is 14.6. The maximum Gasteiger partial charge on any atom is 0.231 e. The van der Waals surface area contributed by atoms with Gasteiger partial charge in [0, 0.05) is 29.2 Å². The molecule has 5 heteroatoms. The predicted molar refractivity (Wildman–Crippen MR) is 98.2 cm³/mol. The van der Waals surface area contributed by atoms with Gasteiger partial charge in [0.1, 0.15) is 0 Å². The molecule has 0 aromatic heterocycles. The molecule has 1 atom stereocenters. The van der Waals surface area contributed by atoms with Crippen LogP contribution in [0.4, 0.5) is 5.69 Å². The van der Waals surface area contributed by atoms with Gasteiger partial charge in [-0.3, -0.25) is 4.79 Å². The summed E-state index contributed by atoms with van der Waals surface area (Å²) in [5.41, 5.74) is 1.98. The van der Waals surface area contributed by atoms with Crippen molar-refractivity contribution < 1.29 is 9.35 Å². The summed E-state index contributed by atoms with van der Waals surface area (Å²) in [6, 6.07) is 17.5. The van der Waals surface area contributed by atoms with Crippen molar-refractivity contribution >= 4 is 23.6 Å². The van der Waals surface area contributed by atoms with Gasteiger partial charge >= 0.3 is 0 Å². The molecule has 0 radical (unpaired) electrons. The fourth-order valence-electron chi connectivity index (χ4n) is 3.11. The number of carbonyl (C=O) groups excluding carboxylic acids is 1. The van der Waals surface area contributed by atoms with Crippen LogP contribution in [-0.4, -0.2) is 35.5 Å². The minimum atomic E-state index is 0.0469. The van der Waals surface area contributed by atoms with Crippen LogP contribution in [0, 0.1) is 5.92 Å².